The summed E-state index contributed by atoms with van der Waals surface area (Å²) in [6.07, 6.45) is 11.4. The van der Waals surface area contributed by atoms with Crippen LogP contribution in [-0.4, -0.2) is 89.2 Å². The lowest BCUT2D eigenvalue weighted by Gasteiger charge is -2.29. The number of ether oxygens (including phenoxy) is 4. The van der Waals surface area contributed by atoms with Gasteiger partial charge >= 0.3 is 0 Å². The van der Waals surface area contributed by atoms with Gasteiger partial charge in [0.25, 0.3) is 0 Å². The molecule has 0 rings (SSSR count). The van der Waals surface area contributed by atoms with E-state index >= 15 is 0 Å². The Hall–Kier alpha value is -2.67. The molecule has 11 heteroatoms. The molecule has 0 spiro atoms. The molecule has 3 amide bonds. The van der Waals surface area contributed by atoms with Gasteiger partial charge in [0, 0.05) is 37.9 Å². The smallest absolute Gasteiger partial charge is 0.220 e. The summed E-state index contributed by atoms with van der Waals surface area (Å²) in [6, 6.07) is 0. The highest BCUT2D eigenvalue weighted by molar-refractivity contribution is 5.77. The summed E-state index contributed by atoms with van der Waals surface area (Å²) in [7, 11) is 0. The first-order valence-corrected chi connectivity index (χ1v) is 11.6. The first-order valence-electron chi connectivity index (χ1n) is 11.6. The van der Waals surface area contributed by atoms with Gasteiger partial charge in [0.15, 0.2) is 0 Å². The number of nitrogens with two attached hydrogens (primary N) is 2. The third-order valence-corrected chi connectivity index (χ3v) is 4.82. The third kappa shape index (κ3) is 21.6. The minimum atomic E-state index is -0.876. The number of amides is 3. The van der Waals surface area contributed by atoms with Crippen molar-refractivity contribution in [2.24, 2.45) is 11.5 Å². The van der Waals surface area contributed by atoms with E-state index in [-0.39, 0.29) is 50.7 Å². The van der Waals surface area contributed by atoms with Crippen molar-refractivity contribution in [1.29, 1.82) is 0 Å². The predicted molar refractivity (Wildman–Crippen MR) is 131 cm³/mol. The van der Waals surface area contributed by atoms with Crippen molar-refractivity contribution in [1.82, 2.24) is 10.6 Å². The molecule has 0 aliphatic carbocycles. The monoisotopic (exact) mass is 496 g/mol. The predicted octanol–water partition coefficient (Wildman–Crippen LogP) is -0.925. The van der Waals surface area contributed by atoms with Crippen molar-refractivity contribution in [3.8, 4) is 24.7 Å². The molecule has 0 aromatic carbocycles. The van der Waals surface area contributed by atoms with Crippen LogP contribution in [0.4, 0.5) is 0 Å². The molecule has 0 aromatic heterocycles. The lowest BCUT2D eigenvalue weighted by atomic mass is 9.84. The lowest BCUT2D eigenvalue weighted by molar-refractivity contribution is -0.121. The molecule has 198 valence electrons. The second-order valence-electron chi connectivity index (χ2n) is 7.77. The zero-order valence-electron chi connectivity index (χ0n) is 20.5. The molecule has 0 atom stereocenters. The Morgan fingerprint density at radius 1 is 0.686 bits per heavy atom. The Labute approximate surface area is 208 Å². The highest BCUT2D eigenvalue weighted by atomic mass is 16.5. The van der Waals surface area contributed by atoms with E-state index in [2.05, 4.69) is 22.5 Å². The Balaban J connectivity index is 4.19. The minimum Gasteiger partial charge on any atom is -0.377 e. The molecule has 0 unspecified atom stereocenters. The molecule has 0 aromatic rings. The summed E-state index contributed by atoms with van der Waals surface area (Å²) >= 11 is 0. The van der Waals surface area contributed by atoms with Gasteiger partial charge in [0.1, 0.15) is 13.2 Å². The molecule has 11 nitrogen and oxygen atoms in total. The number of hydrogen-bond donors (Lipinski definition) is 4. The molecular weight excluding hydrogens is 456 g/mol. The van der Waals surface area contributed by atoms with E-state index in [0.717, 1.165) is 0 Å². The molecule has 0 saturated carbocycles. The molecule has 0 radical (unpaired) electrons. The van der Waals surface area contributed by atoms with E-state index in [4.69, 9.17) is 43.3 Å². The van der Waals surface area contributed by atoms with E-state index in [0.29, 0.717) is 65.6 Å². The molecule has 35 heavy (non-hydrogen) atoms. The van der Waals surface area contributed by atoms with E-state index < -0.39 is 11.4 Å². The largest absolute Gasteiger partial charge is 0.377 e. The van der Waals surface area contributed by atoms with Crippen LogP contribution in [0.15, 0.2) is 0 Å². The fourth-order valence-electron chi connectivity index (χ4n) is 2.88. The number of carbonyl (C=O) groups is 3. The van der Waals surface area contributed by atoms with Crippen molar-refractivity contribution < 1.29 is 33.3 Å². The summed E-state index contributed by atoms with van der Waals surface area (Å²) in [5, 5.41) is 5.49. The minimum absolute atomic E-state index is 0.0743. The topological polar surface area (TPSA) is 164 Å². The second kappa shape index (κ2) is 21.8. The van der Waals surface area contributed by atoms with Gasteiger partial charge in [-0.05, 0) is 19.3 Å². The van der Waals surface area contributed by atoms with Crippen molar-refractivity contribution in [3.63, 3.8) is 0 Å². The Morgan fingerprint density at radius 2 is 1.09 bits per heavy atom. The van der Waals surface area contributed by atoms with Gasteiger partial charge in [0.05, 0.1) is 39.6 Å². The van der Waals surface area contributed by atoms with Gasteiger partial charge in [-0.15, -0.1) is 12.8 Å². The fourth-order valence-corrected chi connectivity index (χ4v) is 2.88. The fraction of sp³-hybridized carbons (Fsp3) is 0.708. The van der Waals surface area contributed by atoms with Crippen LogP contribution in [0, 0.1) is 24.7 Å². The van der Waals surface area contributed by atoms with Crippen LogP contribution in [0.1, 0.15) is 38.5 Å². The van der Waals surface area contributed by atoms with Gasteiger partial charge in [0.2, 0.25) is 17.7 Å². The van der Waals surface area contributed by atoms with E-state index in [9.17, 15) is 14.4 Å². The average molecular weight is 497 g/mol. The van der Waals surface area contributed by atoms with Gasteiger partial charge < -0.3 is 41.0 Å². The van der Waals surface area contributed by atoms with Crippen LogP contribution in [0.3, 0.4) is 0 Å². The molecule has 6 N–H and O–H groups in total. The van der Waals surface area contributed by atoms with Gasteiger partial charge in [-0.25, -0.2) is 0 Å². The SMILES string of the molecule is C#CCOCCOCCNC(=O)CCC(N)(CCC(N)=O)CCC(=O)NCCOCCOCC#C. The summed E-state index contributed by atoms with van der Waals surface area (Å²) in [5.74, 6) is 3.83. The highest BCUT2D eigenvalue weighted by Gasteiger charge is 2.27. The first-order chi connectivity index (χ1) is 16.8. The zero-order valence-corrected chi connectivity index (χ0v) is 20.5. The summed E-state index contributed by atoms with van der Waals surface area (Å²) in [4.78, 5) is 35.5. The number of rotatable bonds is 23. The quantitative estimate of drug-likeness (QED) is 0.104. The number of hydrogen-bond acceptors (Lipinski definition) is 8. The van der Waals surface area contributed by atoms with Crippen molar-refractivity contribution in [2.75, 3.05) is 65.9 Å². The highest BCUT2D eigenvalue weighted by Crippen LogP contribution is 2.22. The van der Waals surface area contributed by atoms with Crippen LogP contribution >= 0.6 is 0 Å². The first kappa shape index (κ1) is 32.3. The van der Waals surface area contributed by atoms with E-state index in [1.54, 1.807) is 0 Å². The molecule has 0 fully saturated rings. The van der Waals surface area contributed by atoms with E-state index in [1.165, 1.54) is 0 Å². The Kier molecular flexibility index (Phi) is 20.2. The maximum Gasteiger partial charge on any atom is 0.220 e. The normalized spacial score (nSPS) is 10.8. The number of nitrogens with one attached hydrogen (secondary N) is 2. The van der Waals surface area contributed by atoms with Crippen LogP contribution in [0.25, 0.3) is 0 Å². The van der Waals surface area contributed by atoms with Gasteiger partial charge in [-0.2, -0.15) is 0 Å². The van der Waals surface area contributed by atoms with Crippen molar-refractivity contribution in [2.45, 2.75) is 44.1 Å². The van der Waals surface area contributed by atoms with Crippen molar-refractivity contribution >= 4 is 17.7 Å². The molecule has 0 saturated heterocycles. The van der Waals surface area contributed by atoms with Gasteiger partial charge in [-0.3, -0.25) is 14.4 Å². The van der Waals surface area contributed by atoms with Crippen LogP contribution in [0.5, 0.6) is 0 Å². The second-order valence-corrected chi connectivity index (χ2v) is 7.77. The summed E-state index contributed by atoms with van der Waals surface area (Å²) in [5.41, 5.74) is 10.8. The zero-order chi connectivity index (χ0) is 26.2. The third-order valence-electron chi connectivity index (χ3n) is 4.82. The summed E-state index contributed by atoms with van der Waals surface area (Å²) < 4.78 is 20.8. The number of primary amides is 1. The number of carbonyl (C=O) groups excluding carboxylic acids is 3. The lowest BCUT2D eigenvalue weighted by Crippen LogP contribution is -2.43. The molecule has 0 heterocycles. The molecule has 0 aliphatic heterocycles. The van der Waals surface area contributed by atoms with Crippen molar-refractivity contribution in [3.05, 3.63) is 0 Å². The van der Waals surface area contributed by atoms with E-state index in [1.807, 2.05) is 0 Å². The van der Waals surface area contributed by atoms with Crippen LogP contribution in [-0.2, 0) is 33.3 Å². The Morgan fingerprint density at radius 3 is 1.49 bits per heavy atom. The standard InChI is InChI=1S/C24H40N4O7/c1-3-13-32-17-19-34-15-11-27-22(30)6-9-24(26,8-5-21(25)29)10-7-23(31)28-12-16-35-20-18-33-14-4-2/h1-2H,5-20,26H2,(H2,25,29)(H,27,30)(H,28,31). The maximum atomic E-state index is 12.2. The Bertz CT molecular complexity index is 642. The number of terminal acetylenes is 2. The molecule has 0 bridgehead atoms. The maximum absolute atomic E-state index is 12.2. The molecule has 0 aliphatic rings. The van der Waals surface area contributed by atoms with Gasteiger partial charge in [-0.1, -0.05) is 11.8 Å². The molecular formula is C24H40N4O7. The van der Waals surface area contributed by atoms with Crippen LogP contribution in [0.2, 0.25) is 0 Å². The van der Waals surface area contributed by atoms with Crippen LogP contribution < -0.4 is 22.1 Å². The average Bonchev–Trinajstić information content (AvgIpc) is 2.83. The summed E-state index contributed by atoms with van der Waals surface area (Å²) in [6.45, 7) is 3.35.